The van der Waals surface area contributed by atoms with Crippen molar-refractivity contribution in [1.82, 2.24) is 9.78 Å². The molecule has 1 atom stereocenters. The standard InChI is InChI=1S/C13H19N3S/c1-2-16-10-11(9-15-16)13(14)7-3-5-12-6-4-8-17-12/h4,6,8-10,13H,2-3,5,7,14H2,1H3. The van der Waals surface area contributed by atoms with Crippen molar-refractivity contribution in [2.24, 2.45) is 5.73 Å². The van der Waals surface area contributed by atoms with Crippen molar-refractivity contribution in [3.8, 4) is 0 Å². The molecule has 0 aliphatic heterocycles. The van der Waals surface area contributed by atoms with Crippen molar-refractivity contribution in [2.75, 3.05) is 0 Å². The predicted molar refractivity (Wildman–Crippen MR) is 72.1 cm³/mol. The van der Waals surface area contributed by atoms with E-state index >= 15 is 0 Å². The number of aromatic nitrogens is 2. The summed E-state index contributed by atoms with van der Waals surface area (Å²) >= 11 is 1.82. The van der Waals surface area contributed by atoms with Crippen LogP contribution < -0.4 is 5.73 Å². The summed E-state index contributed by atoms with van der Waals surface area (Å²) in [5, 5.41) is 6.38. The fourth-order valence-corrected chi connectivity index (χ4v) is 2.61. The fourth-order valence-electron chi connectivity index (χ4n) is 1.86. The van der Waals surface area contributed by atoms with Gasteiger partial charge in [0.2, 0.25) is 0 Å². The van der Waals surface area contributed by atoms with Gasteiger partial charge in [-0.1, -0.05) is 6.07 Å². The lowest BCUT2D eigenvalue weighted by molar-refractivity contribution is 0.610. The van der Waals surface area contributed by atoms with Crippen LogP contribution >= 0.6 is 11.3 Å². The van der Waals surface area contributed by atoms with Gasteiger partial charge in [-0.15, -0.1) is 11.3 Å². The molecule has 2 aromatic rings. The van der Waals surface area contributed by atoms with E-state index in [-0.39, 0.29) is 6.04 Å². The van der Waals surface area contributed by atoms with Gasteiger partial charge in [-0.3, -0.25) is 4.68 Å². The molecule has 17 heavy (non-hydrogen) atoms. The van der Waals surface area contributed by atoms with Crippen LogP contribution in [-0.2, 0) is 13.0 Å². The molecule has 2 aromatic heterocycles. The molecule has 0 saturated carbocycles. The number of rotatable bonds is 6. The van der Waals surface area contributed by atoms with Crippen LogP contribution in [-0.4, -0.2) is 9.78 Å². The van der Waals surface area contributed by atoms with Gasteiger partial charge in [0.25, 0.3) is 0 Å². The minimum absolute atomic E-state index is 0.121. The molecule has 92 valence electrons. The molecule has 1 unspecified atom stereocenters. The highest BCUT2D eigenvalue weighted by Gasteiger charge is 2.08. The third-order valence-corrected chi connectivity index (χ3v) is 3.86. The first-order valence-electron chi connectivity index (χ1n) is 6.10. The average molecular weight is 249 g/mol. The highest BCUT2D eigenvalue weighted by molar-refractivity contribution is 7.09. The number of hydrogen-bond donors (Lipinski definition) is 1. The van der Waals surface area contributed by atoms with Crippen molar-refractivity contribution < 1.29 is 0 Å². The van der Waals surface area contributed by atoms with Crippen molar-refractivity contribution >= 4 is 11.3 Å². The van der Waals surface area contributed by atoms with Crippen LogP contribution in [0.25, 0.3) is 0 Å². The second kappa shape index (κ2) is 5.98. The zero-order valence-corrected chi connectivity index (χ0v) is 11.0. The Kier molecular flexibility index (Phi) is 4.34. The number of aryl methyl sites for hydroxylation is 2. The Morgan fingerprint density at radius 1 is 1.53 bits per heavy atom. The highest BCUT2D eigenvalue weighted by atomic mass is 32.1. The predicted octanol–water partition coefficient (Wildman–Crippen LogP) is 2.99. The lowest BCUT2D eigenvalue weighted by Gasteiger charge is -2.08. The van der Waals surface area contributed by atoms with Gasteiger partial charge >= 0.3 is 0 Å². The van der Waals surface area contributed by atoms with Gasteiger partial charge in [0.05, 0.1) is 6.20 Å². The molecule has 0 bridgehead atoms. The average Bonchev–Trinajstić information content (AvgIpc) is 2.99. The molecule has 0 aliphatic rings. The van der Waals surface area contributed by atoms with Gasteiger partial charge in [-0.25, -0.2) is 0 Å². The van der Waals surface area contributed by atoms with E-state index in [0.717, 1.165) is 31.4 Å². The van der Waals surface area contributed by atoms with E-state index in [1.807, 2.05) is 22.2 Å². The maximum Gasteiger partial charge on any atom is 0.0537 e. The summed E-state index contributed by atoms with van der Waals surface area (Å²) in [6, 6.07) is 4.41. The Labute approximate surface area is 106 Å². The van der Waals surface area contributed by atoms with Crippen molar-refractivity contribution in [1.29, 1.82) is 0 Å². The zero-order valence-electron chi connectivity index (χ0n) is 10.2. The van der Waals surface area contributed by atoms with E-state index in [0.29, 0.717) is 0 Å². The van der Waals surface area contributed by atoms with E-state index in [1.165, 1.54) is 4.88 Å². The molecular weight excluding hydrogens is 230 g/mol. The lowest BCUT2D eigenvalue weighted by atomic mass is 10.1. The number of thiophene rings is 1. The summed E-state index contributed by atoms with van der Waals surface area (Å²) in [5.41, 5.74) is 7.30. The molecule has 0 radical (unpaired) electrons. The van der Waals surface area contributed by atoms with Crippen molar-refractivity contribution in [3.63, 3.8) is 0 Å². The normalized spacial score (nSPS) is 12.8. The summed E-state index contributed by atoms with van der Waals surface area (Å²) in [7, 11) is 0. The topological polar surface area (TPSA) is 43.8 Å². The molecule has 3 nitrogen and oxygen atoms in total. The maximum absolute atomic E-state index is 6.15. The van der Waals surface area contributed by atoms with Crippen LogP contribution in [0.15, 0.2) is 29.9 Å². The Morgan fingerprint density at radius 2 is 2.41 bits per heavy atom. The Balaban J connectivity index is 1.78. The van der Waals surface area contributed by atoms with Gasteiger partial charge in [0.15, 0.2) is 0 Å². The zero-order chi connectivity index (χ0) is 12.1. The van der Waals surface area contributed by atoms with E-state index in [1.54, 1.807) is 0 Å². The third kappa shape index (κ3) is 3.41. The minimum atomic E-state index is 0.121. The molecule has 0 saturated heterocycles. The first-order valence-corrected chi connectivity index (χ1v) is 6.98. The summed E-state index contributed by atoms with van der Waals surface area (Å²) in [4.78, 5) is 1.45. The molecule has 4 heteroatoms. The van der Waals surface area contributed by atoms with Gasteiger partial charge in [0, 0.05) is 29.2 Å². The van der Waals surface area contributed by atoms with Crippen LogP contribution in [0.5, 0.6) is 0 Å². The van der Waals surface area contributed by atoms with Gasteiger partial charge < -0.3 is 5.73 Å². The Hall–Kier alpha value is -1.13. The molecule has 2 heterocycles. The second-order valence-electron chi connectivity index (χ2n) is 4.21. The van der Waals surface area contributed by atoms with E-state index in [4.69, 9.17) is 5.73 Å². The summed E-state index contributed by atoms with van der Waals surface area (Å²) in [6.07, 6.45) is 7.23. The molecule has 0 amide bonds. The molecular formula is C13H19N3S. The number of hydrogen-bond acceptors (Lipinski definition) is 3. The third-order valence-electron chi connectivity index (χ3n) is 2.92. The lowest BCUT2D eigenvalue weighted by Crippen LogP contribution is -2.09. The van der Waals surface area contributed by atoms with Crippen LogP contribution in [0, 0.1) is 0 Å². The highest BCUT2D eigenvalue weighted by Crippen LogP contribution is 2.18. The quantitative estimate of drug-likeness (QED) is 0.855. The molecule has 0 aliphatic carbocycles. The Morgan fingerprint density at radius 3 is 3.06 bits per heavy atom. The molecule has 2 rings (SSSR count). The first-order chi connectivity index (χ1) is 8.29. The van der Waals surface area contributed by atoms with Crippen LogP contribution in [0.3, 0.4) is 0 Å². The summed E-state index contributed by atoms with van der Waals surface area (Å²) in [6.45, 7) is 2.99. The maximum atomic E-state index is 6.15. The minimum Gasteiger partial charge on any atom is -0.324 e. The monoisotopic (exact) mass is 249 g/mol. The Bertz CT molecular complexity index is 433. The molecule has 0 aromatic carbocycles. The smallest absolute Gasteiger partial charge is 0.0537 e. The van der Waals surface area contributed by atoms with Crippen LogP contribution in [0.4, 0.5) is 0 Å². The van der Waals surface area contributed by atoms with Gasteiger partial charge in [0.1, 0.15) is 0 Å². The second-order valence-corrected chi connectivity index (χ2v) is 5.24. The molecule has 2 N–H and O–H groups in total. The van der Waals surface area contributed by atoms with Gasteiger partial charge in [-0.2, -0.15) is 5.10 Å². The van der Waals surface area contributed by atoms with Crippen LogP contribution in [0.2, 0.25) is 0 Å². The number of nitrogens with two attached hydrogens (primary N) is 1. The van der Waals surface area contributed by atoms with Crippen molar-refractivity contribution in [2.45, 2.75) is 38.8 Å². The SMILES string of the molecule is CCn1cc(C(N)CCCc2cccs2)cn1. The summed E-state index contributed by atoms with van der Waals surface area (Å²) in [5.74, 6) is 0. The van der Waals surface area contributed by atoms with E-state index < -0.39 is 0 Å². The van der Waals surface area contributed by atoms with Crippen molar-refractivity contribution in [3.05, 3.63) is 40.3 Å². The molecule has 0 spiro atoms. The van der Waals surface area contributed by atoms with Crippen LogP contribution in [0.1, 0.15) is 36.2 Å². The molecule has 0 fully saturated rings. The van der Waals surface area contributed by atoms with Gasteiger partial charge in [-0.05, 0) is 37.6 Å². The fraction of sp³-hybridized carbons (Fsp3) is 0.462. The van der Waals surface area contributed by atoms with E-state index in [9.17, 15) is 0 Å². The first kappa shape index (κ1) is 12.3. The number of nitrogens with zero attached hydrogens (tertiary/aromatic N) is 2. The largest absolute Gasteiger partial charge is 0.324 e. The van der Waals surface area contributed by atoms with E-state index in [2.05, 4.69) is 35.7 Å². The summed E-state index contributed by atoms with van der Waals surface area (Å²) < 4.78 is 1.93.